The molecule has 0 N–H and O–H groups in total. The lowest BCUT2D eigenvalue weighted by Gasteiger charge is -2.20. The van der Waals surface area contributed by atoms with E-state index >= 15 is 0 Å². The van der Waals surface area contributed by atoms with Crippen LogP contribution in [0, 0.1) is 0 Å². The van der Waals surface area contributed by atoms with Crippen LogP contribution in [0.2, 0.25) is 0 Å². The summed E-state index contributed by atoms with van der Waals surface area (Å²) in [6, 6.07) is 51.8. The van der Waals surface area contributed by atoms with Gasteiger partial charge in [0, 0.05) is 27.5 Å². The molecule has 0 bridgehead atoms. The first-order valence-corrected chi connectivity index (χ1v) is 17.4. The highest BCUT2D eigenvalue weighted by Gasteiger charge is 2.24. The number of aromatic nitrogens is 4. The van der Waals surface area contributed by atoms with Crippen molar-refractivity contribution in [3.8, 4) is 62.5 Å². The smallest absolute Gasteiger partial charge is 0.200 e. The second-order valence-electron chi connectivity index (χ2n) is 13.2. The Hall–Kier alpha value is -7.38. The minimum atomic E-state index is -0.120. The van der Waals surface area contributed by atoms with Crippen LogP contribution in [0.15, 0.2) is 167 Å². The van der Waals surface area contributed by atoms with E-state index in [-0.39, 0.29) is 5.43 Å². The molecule has 1 aliphatic heterocycles. The van der Waals surface area contributed by atoms with Crippen molar-refractivity contribution in [2.24, 2.45) is 0 Å². The molecular weight excluding hydrogens is 657 g/mol. The Morgan fingerprint density at radius 3 is 1.72 bits per heavy atom. The van der Waals surface area contributed by atoms with E-state index in [1.807, 2.05) is 127 Å². The van der Waals surface area contributed by atoms with Gasteiger partial charge in [-0.15, -0.1) is 0 Å². The van der Waals surface area contributed by atoms with Crippen LogP contribution in [-0.2, 0) is 0 Å². The van der Waals surface area contributed by atoms with Crippen molar-refractivity contribution < 1.29 is 9.15 Å². The van der Waals surface area contributed by atoms with Gasteiger partial charge in [0.1, 0.15) is 11.2 Å². The van der Waals surface area contributed by atoms with Crippen LogP contribution in [0.3, 0.4) is 0 Å². The molecule has 4 heterocycles. The second kappa shape index (κ2) is 11.3. The molecule has 0 saturated carbocycles. The first kappa shape index (κ1) is 29.4. The van der Waals surface area contributed by atoms with E-state index in [4.69, 9.17) is 24.1 Å². The molecule has 0 spiro atoms. The third-order valence-electron chi connectivity index (χ3n) is 10.0. The molecule has 7 aromatic carbocycles. The number of fused-ring (bicyclic) bond motifs is 7. The molecule has 53 heavy (non-hydrogen) atoms. The highest BCUT2D eigenvalue weighted by Crippen LogP contribution is 2.45. The molecule has 0 atom stereocenters. The van der Waals surface area contributed by atoms with Gasteiger partial charge in [-0.1, -0.05) is 103 Å². The maximum Gasteiger partial charge on any atom is 0.200 e. The molecule has 0 aliphatic carbocycles. The van der Waals surface area contributed by atoms with Crippen molar-refractivity contribution in [3.63, 3.8) is 0 Å². The summed E-state index contributed by atoms with van der Waals surface area (Å²) in [4.78, 5) is 28.9. The van der Waals surface area contributed by atoms with Gasteiger partial charge in [0.15, 0.2) is 29.0 Å². The topological polar surface area (TPSA) is 83.0 Å². The highest BCUT2D eigenvalue weighted by atomic mass is 16.5. The Morgan fingerprint density at radius 2 is 1.00 bits per heavy atom. The Kier molecular flexibility index (Phi) is 6.27. The van der Waals surface area contributed by atoms with Crippen LogP contribution in [0.1, 0.15) is 0 Å². The van der Waals surface area contributed by atoms with Crippen LogP contribution in [-0.4, -0.2) is 19.5 Å². The first-order chi connectivity index (χ1) is 26.2. The summed E-state index contributed by atoms with van der Waals surface area (Å²) in [7, 11) is 0. The zero-order valence-electron chi connectivity index (χ0n) is 28.0. The van der Waals surface area contributed by atoms with E-state index in [0.717, 1.165) is 61.2 Å². The van der Waals surface area contributed by atoms with Gasteiger partial charge < -0.3 is 13.7 Å². The zero-order chi connectivity index (χ0) is 35.0. The number of para-hydroxylation sites is 3. The normalized spacial score (nSPS) is 12.0. The van der Waals surface area contributed by atoms with Crippen LogP contribution >= 0.6 is 0 Å². The molecule has 11 rings (SSSR count). The molecule has 0 saturated heterocycles. The predicted molar refractivity (Wildman–Crippen MR) is 210 cm³/mol. The fraction of sp³-hybridized carbons (Fsp3) is 0. The molecule has 0 fully saturated rings. The number of hydrogen-bond acceptors (Lipinski definition) is 6. The maximum atomic E-state index is 14.3. The number of ether oxygens (including phenoxy) is 1. The van der Waals surface area contributed by atoms with Gasteiger partial charge in [0.2, 0.25) is 5.43 Å². The number of rotatable bonds is 4. The molecule has 0 unspecified atom stereocenters. The predicted octanol–water partition coefficient (Wildman–Crippen LogP) is 11.0. The molecule has 10 aromatic rings. The van der Waals surface area contributed by atoms with E-state index in [1.165, 1.54) is 0 Å². The maximum absolute atomic E-state index is 14.3. The third-order valence-corrected chi connectivity index (χ3v) is 10.0. The summed E-state index contributed by atoms with van der Waals surface area (Å²) in [6.45, 7) is 0. The van der Waals surface area contributed by atoms with Crippen LogP contribution in [0.5, 0.6) is 11.5 Å². The Balaban J connectivity index is 1.06. The summed E-state index contributed by atoms with van der Waals surface area (Å²) in [5.74, 6) is 3.23. The number of hydrogen-bond donors (Lipinski definition) is 0. The van der Waals surface area contributed by atoms with Crippen LogP contribution in [0.25, 0.3) is 94.7 Å². The Morgan fingerprint density at radius 1 is 0.434 bits per heavy atom. The van der Waals surface area contributed by atoms with E-state index < -0.39 is 0 Å². The van der Waals surface area contributed by atoms with E-state index in [1.54, 1.807) is 0 Å². The summed E-state index contributed by atoms with van der Waals surface area (Å²) in [6.07, 6.45) is 0. The quantitative estimate of drug-likeness (QED) is 0.172. The molecule has 0 radical (unpaired) electrons. The lowest BCUT2D eigenvalue weighted by atomic mass is 10.0. The molecule has 7 nitrogen and oxygen atoms in total. The molecule has 0 amide bonds. The first-order valence-electron chi connectivity index (χ1n) is 17.4. The second-order valence-corrected chi connectivity index (χ2v) is 13.2. The average Bonchev–Trinajstić information content (AvgIpc) is 3.56. The van der Waals surface area contributed by atoms with Gasteiger partial charge >= 0.3 is 0 Å². The summed E-state index contributed by atoms with van der Waals surface area (Å²) < 4.78 is 14.9. The standard InChI is InChI=1S/C46H26N4O3/c51-43-34-24-29(30-18-21-32-33-14-9-17-41-42(33)50(37(32)26-30)36-15-7-8-16-40(36)53-41)19-22-38(34)52-39-23-20-31(25-35(39)43)46-48-44(27-10-3-1-4-11-27)47-45(49-46)28-12-5-2-6-13-28/h1-26H. The van der Waals surface area contributed by atoms with E-state index in [0.29, 0.717) is 45.0 Å². The van der Waals surface area contributed by atoms with Gasteiger partial charge in [0.05, 0.1) is 27.5 Å². The number of benzene rings is 7. The lowest BCUT2D eigenvalue weighted by molar-refractivity contribution is 0.476. The van der Waals surface area contributed by atoms with E-state index in [9.17, 15) is 4.79 Å². The fourth-order valence-corrected chi connectivity index (χ4v) is 7.51. The minimum absolute atomic E-state index is 0.120. The molecule has 1 aliphatic rings. The van der Waals surface area contributed by atoms with Gasteiger partial charge in [-0.2, -0.15) is 0 Å². The van der Waals surface area contributed by atoms with Crippen LogP contribution < -0.4 is 10.2 Å². The molecule has 7 heteroatoms. The Labute approximate surface area is 302 Å². The lowest BCUT2D eigenvalue weighted by Crippen LogP contribution is -2.04. The van der Waals surface area contributed by atoms with E-state index in [2.05, 4.69) is 34.9 Å². The summed E-state index contributed by atoms with van der Waals surface area (Å²) in [5.41, 5.74) is 8.36. The highest BCUT2D eigenvalue weighted by molar-refractivity contribution is 6.13. The monoisotopic (exact) mass is 682 g/mol. The average molecular weight is 683 g/mol. The van der Waals surface area contributed by atoms with Crippen molar-refractivity contribution in [1.29, 1.82) is 0 Å². The third kappa shape index (κ3) is 4.61. The summed E-state index contributed by atoms with van der Waals surface area (Å²) in [5, 5.41) is 3.22. The molecule has 248 valence electrons. The SMILES string of the molecule is O=c1c2cc(-c3ccc4c5cccc6c5n(c4c3)-c3ccccc3O6)ccc2oc2ccc(-c3nc(-c4ccccc4)nc(-c4ccccc4)n3)cc12. The minimum Gasteiger partial charge on any atom is -0.456 e. The van der Waals surface area contributed by atoms with Gasteiger partial charge in [-0.25, -0.2) is 15.0 Å². The van der Waals surface area contributed by atoms with Crippen molar-refractivity contribution in [3.05, 3.63) is 168 Å². The molecule has 3 aromatic heterocycles. The van der Waals surface area contributed by atoms with Gasteiger partial charge in [-0.05, 0) is 65.7 Å². The molecular formula is C46H26N4O3. The fourth-order valence-electron chi connectivity index (χ4n) is 7.51. The van der Waals surface area contributed by atoms with Crippen LogP contribution in [0.4, 0.5) is 0 Å². The van der Waals surface area contributed by atoms with Gasteiger partial charge in [0.25, 0.3) is 0 Å². The number of nitrogens with zero attached hydrogens (tertiary/aromatic N) is 4. The Bertz CT molecular complexity index is 3110. The van der Waals surface area contributed by atoms with Crippen molar-refractivity contribution in [2.45, 2.75) is 0 Å². The largest absolute Gasteiger partial charge is 0.456 e. The van der Waals surface area contributed by atoms with Crippen molar-refractivity contribution in [1.82, 2.24) is 19.5 Å². The van der Waals surface area contributed by atoms with Crippen molar-refractivity contribution in [2.75, 3.05) is 0 Å². The van der Waals surface area contributed by atoms with Crippen molar-refractivity contribution >= 4 is 43.7 Å². The zero-order valence-corrected chi connectivity index (χ0v) is 28.0. The summed E-state index contributed by atoms with van der Waals surface area (Å²) >= 11 is 0. The van der Waals surface area contributed by atoms with Gasteiger partial charge in [-0.3, -0.25) is 4.79 Å².